The molecule has 0 bridgehead atoms. The van der Waals surface area contributed by atoms with Crippen molar-refractivity contribution in [3.63, 3.8) is 0 Å². The van der Waals surface area contributed by atoms with Crippen LogP contribution in [-0.4, -0.2) is 31.1 Å². The van der Waals surface area contributed by atoms with Gasteiger partial charge < -0.3 is 15.4 Å². The van der Waals surface area contributed by atoms with Crippen LogP contribution in [0, 0.1) is 5.92 Å². The van der Waals surface area contributed by atoms with E-state index in [0.29, 0.717) is 18.7 Å². The molecule has 1 aliphatic carbocycles. The second kappa shape index (κ2) is 5.34. The topological polar surface area (TPSA) is 50.4 Å². The Kier molecular flexibility index (Phi) is 3.34. The van der Waals surface area contributed by atoms with Crippen molar-refractivity contribution in [2.75, 3.05) is 13.2 Å². The quantitative estimate of drug-likeness (QED) is 0.892. The van der Waals surface area contributed by atoms with Gasteiger partial charge in [0.15, 0.2) is 0 Å². The van der Waals surface area contributed by atoms with Gasteiger partial charge in [0.25, 0.3) is 5.91 Å². The lowest BCUT2D eigenvalue weighted by Crippen LogP contribution is -2.39. The molecular formula is C17H22N2O2. The molecule has 112 valence electrons. The summed E-state index contributed by atoms with van der Waals surface area (Å²) in [6, 6.07) is 6.88. The largest absolute Gasteiger partial charge is 0.493 e. The number of nitrogens with one attached hydrogen (secondary N) is 2. The standard InChI is InChI=1S/C17H22N2O2/c20-17(14-4-2-6-16-13(14)7-8-21-16)18-10-12-9-11-3-1-5-15(11)19-12/h2,4,6,11-12,15,19H,1,3,5,7-10H2,(H,18,20)/t11-,12-,15-/m0/s1. The zero-order valence-electron chi connectivity index (χ0n) is 12.2. The predicted octanol–water partition coefficient (Wildman–Crippen LogP) is 1.88. The van der Waals surface area contributed by atoms with Crippen molar-refractivity contribution in [3.8, 4) is 5.75 Å². The minimum absolute atomic E-state index is 0.0382. The van der Waals surface area contributed by atoms with Crippen LogP contribution in [-0.2, 0) is 6.42 Å². The molecule has 4 nitrogen and oxygen atoms in total. The van der Waals surface area contributed by atoms with Gasteiger partial charge in [-0.05, 0) is 37.3 Å². The van der Waals surface area contributed by atoms with Crippen LogP contribution in [0.1, 0.15) is 41.6 Å². The molecule has 2 N–H and O–H groups in total. The third kappa shape index (κ3) is 2.42. The lowest BCUT2D eigenvalue weighted by Gasteiger charge is -2.15. The Morgan fingerprint density at radius 1 is 1.38 bits per heavy atom. The first-order valence-electron chi connectivity index (χ1n) is 8.10. The summed E-state index contributed by atoms with van der Waals surface area (Å²) >= 11 is 0. The molecule has 1 aromatic carbocycles. The number of carbonyl (C=O) groups excluding carboxylic acids is 1. The van der Waals surface area contributed by atoms with Gasteiger partial charge in [0, 0.05) is 36.2 Å². The van der Waals surface area contributed by atoms with Crippen molar-refractivity contribution in [1.82, 2.24) is 10.6 Å². The van der Waals surface area contributed by atoms with Gasteiger partial charge in [-0.2, -0.15) is 0 Å². The highest BCUT2D eigenvalue weighted by molar-refractivity contribution is 5.96. The normalized spacial score (nSPS) is 29.8. The summed E-state index contributed by atoms with van der Waals surface area (Å²) in [6.45, 7) is 1.42. The summed E-state index contributed by atoms with van der Waals surface area (Å²) in [6.07, 6.45) is 6.06. The molecule has 2 aliphatic heterocycles. The highest BCUT2D eigenvalue weighted by Crippen LogP contribution is 2.34. The fourth-order valence-corrected chi connectivity index (χ4v) is 4.16. The van der Waals surface area contributed by atoms with Crippen LogP contribution in [0.25, 0.3) is 0 Å². The summed E-state index contributed by atoms with van der Waals surface area (Å²) in [7, 11) is 0. The van der Waals surface area contributed by atoms with E-state index in [9.17, 15) is 4.79 Å². The van der Waals surface area contributed by atoms with Crippen molar-refractivity contribution in [1.29, 1.82) is 0 Å². The molecule has 21 heavy (non-hydrogen) atoms. The highest BCUT2D eigenvalue weighted by atomic mass is 16.5. The molecule has 0 aromatic heterocycles. The Hall–Kier alpha value is -1.55. The van der Waals surface area contributed by atoms with Gasteiger partial charge in [0.2, 0.25) is 0 Å². The van der Waals surface area contributed by atoms with Crippen LogP contribution in [0.15, 0.2) is 18.2 Å². The molecule has 1 saturated carbocycles. The number of amides is 1. The first-order chi connectivity index (χ1) is 10.3. The van der Waals surface area contributed by atoms with Crippen LogP contribution in [0.5, 0.6) is 5.75 Å². The average molecular weight is 286 g/mol. The summed E-state index contributed by atoms with van der Waals surface area (Å²) in [5, 5.41) is 6.78. The Balaban J connectivity index is 1.37. The first kappa shape index (κ1) is 13.1. The summed E-state index contributed by atoms with van der Waals surface area (Å²) in [4.78, 5) is 12.4. The first-order valence-corrected chi connectivity index (χ1v) is 8.10. The van der Waals surface area contributed by atoms with Gasteiger partial charge in [-0.15, -0.1) is 0 Å². The molecule has 2 fully saturated rings. The van der Waals surface area contributed by atoms with E-state index >= 15 is 0 Å². The van der Waals surface area contributed by atoms with Crippen LogP contribution in [0.4, 0.5) is 0 Å². The SMILES string of the molecule is O=C(NC[C@@H]1C[C@@H]2CCC[C@@H]2N1)c1cccc2c1CCO2. The Morgan fingerprint density at radius 2 is 2.33 bits per heavy atom. The second-order valence-corrected chi connectivity index (χ2v) is 6.49. The smallest absolute Gasteiger partial charge is 0.251 e. The molecule has 4 heteroatoms. The van der Waals surface area contributed by atoms with E-state index in [2.05, 4.69) is 10.6 Å². The molecule has 1 saturated heterocycles. The molecule has 2 heterocycles. The number of hydrogen-bond acceptors (Lipinski definition) is 3. The molecule has 3 aliphatic rings. The van der Waals surface area contributed by atoms with E-state index < -0.39 is 0 Å². The molecule has 0 radical (unpaired) electrons. The fraction of sp³-hybridized carbons (Fsp3) is 0.588. The predicted molar refractivity (Wildman–Crippen MR) is 80.6 cm³/mol. The Labute approximate surface area is 125 Å². The number of hydrogen-bond donors (Lipinski definition) is 2. The zero-order chi connectivity index (χ0) is 14.2. The minimum atomic E-state index is 0.0382. The minimum Gasteiger partial charge on any atom is -0.493 e. The van der Waals surface area contributed by atoms with Gasteiger partial charge in [-0.1, -0.05) is 12.5 Å². The van der Waals surface area contributed by atoms with Gasteiger partial charge >= 0.3 is 0 Å². The van der Waals surface area contributed by atoms with E-state index in [1.54, 1.807) is 0 Å². The van der Waals surface area contributed by atoms with Crippen LogP contribution in [0.3, 0.4) is 0 Å². The number of fused-ring (bicyclic) bond motifs is 2. The summed E-state index contributed by atoms with van der Waals surface area (Å²) < 4.78 is 5.53. The van der Waals surface area contributed by atoms with Crippen LogP contribution >= 0.6 is 0 Å². The maximum absolute atomic E-state index is 12.4. The average Bonchev–Trinajstić information content (AvgIpc) is 3.18. The monoisotopic (exact) mass is 286 g/mol. The third-order valence-electron chi connectivity index (χ3n) is 5.19. The van der Waals surface area contributed by atoms with E-state index in [-0.39, 0.29) is 5.91 Å². The second-order valence-electron chi connectivity index (χ2n) is 6.49. The molecule has 0 unspecified atom stereocenters. The molecule has 4 rings (SSSR count). The van der Waals surface area contributed by atoms with E-state index in [1.807, 2.05) is 18.2 Å². The lowest BCUT2D eigenvalue weighted by molar-refractivity contribution is 0.0949. The molecule has 0 spiro atoms. The zero-order valence-corrected chi connectivity index (χ0v) is 12.2. The molecule has 3 atom stereocenters. The van der Waals surface area contributed by atoms with Crippen molar-refractivity contribution in [2.45, 2.75) is 44.2 Å². The van der Waals surface area contributed by atoms with Crippen molar-refractivity contribution in [2.24, 2.45) is 5.92 Å². The van der Waals surface area contributed by atoms with Crippen LogP contribution < -0.4 is 15.4 Å². The highest BCUT2D eigenvalue weighted by Gasteiger charge is 2.36. The van der Waals surface area contributed by atoms with Gasteiger partial charge in [0.05, 0.1) is 6.61 Å². The molecule has 1 aromatic rings. The maximum atomic E-state index is 12.4. The Bertz CT molecular complexity index is 546. The Morgan fingerprint density at radius 3 is 3.24 bits per heavy atom. The number of benzene rings is 1. The van der Waals surface area contributed by atoms with E-state index in [1.165, 1.54) is 25.7 Å². The molecule has 1 amide bonds. The van der Waals surface area contributed by atoms with Crippen LogP contribution in [0.2, 0.25) is 0 Å². The number of rotatable bonds is 3. The summed E-state index contributed by atoms with van der Waals surface area (Å²) in [5.41, 5.74) is 1.84. The van der Waals surface area contributed by atoms with Crippen molar-refractivity contribution in [3.05, 3.63) is 29.3 Å². The van der Waals surface area contributed by atoms with Gasteiger partial charge in [0.1, 0.15) is 5.75 Å². The van der Waals surface area contributed by atoms with Crippen molar-refractivity contribution >= 4 is 5.91 Å². The van der Waals surface area contributed by atoms with E-state index in [0.717, 1.165) is 35.8 Å². The third-order valence-corrected chi connectivity index (χ3v) is 5.19. The van der Waals surface area contributed by atoms with Gasteiger partial charge in [-0.3, -0.25) is 4.79 Å². The summed E-state index contributed by atoms with van der Waals surface area (Å²) in [5.74, 6) is 1.74. The number of ether oxygens (including phenoxy) is 1. The van der Waals surface area contributed by atoms with Gasteiger partial charge in [-0.25, -0.2) is 0 Å². The molecular weight excluding hydrogens is 264 g/mol. The van der Waals surface area contributed by atoms with Crippen molar-refractivity contribution < 1.29 is 9.53 Å². The fourth-order valence-electron chi connectivity index (χ4n) is 4.16. The maximum Gasteiger partial charge on any atom is 0.251 e. The number of carbonyl (C=O) groups is 1. The van der Waals surface area contributed by atoms with E-state index in [4.69, 9.17) is 4.74 Å². The lowest BCUT2D eigenvalue weighted by atomic mass is 10.0.